The summed E-state index contributed by atoms with van der Waals surface area (Å²) in [4.78, 5) is 0. The molecule has 0 amide bonds. The monoisotopic (exact) mass is 249 g/mol. The minimum Gasteiger partial charge on any atom is -0.314 e. The lowest BCUT2D eigenvalue weighted by atomic mass is 10.2. The van der Waals surface area contributed by atoms with Crippen molar-refractivity contribution in [2.24, 2.45) is 0 Å². The van der Waals surface area contributed by atoms with E-state index >= 15 is 0 Å². The maximum Gasteiger partial charge on any atom is 0.0625 e. The number of hydrogen-bond donors (Lipinski definition) is 1. The molecule has 1 saturated carbocycles. The fourth-order valence-electron chi connectivity index (χ4n) is 2.34. The van der Waals surface area contributed by atoms with E-state index in [1.54, 1.807) is 0 Å². The number of nitrogens with zero attached hydrogens (tertiary/aromatic N) is 2. The van der Waals surface area contributed by atoms with Gasteiger partial charge in [-0.1, -0.05) is 12.8 Å². The van der Waals surface area contributed by atoms with Crippen LogP contribution in [0.2, 0.25) is 0 Å². The van der Waals surface area contributed by atoms with E-state index in [4.69, 9.17) is 0 Å². The van der Waals surface area contributed by atoms with Gasteiger partial charge in [0, 0.05) is 18.3 Å². The van der Waals surface area contributed by atoms with E-state index in [-0.39, 0.29) is 0 Å². The van der Waals surface area contributed by atoms with E-state index in [0.29, 0.717) is 0 Å². The maximum atomic E-state index is 4.58. The quantitative estimate of drug-likeness (QED) is 0.717. The normalized spacial score (nSPS) is 15.3. The summed E-state index contributed by atoms with van der Waals surface area (Å²) in [6.07, 6.45) is 8.05. The molecule has 0 unspecified atom stereocenters. The molecular weight excluding hydrogens is 222 g/mol. The second-order valence-electron chi connectivity index (χ2n) is 5.66. The molecule has 1 aliphatic rings. The molecule has 3 heteroatoms. The predicted octanol–water partition coefficient (Wildman–Crippen LogP) is 3.12. The third kappa shape index (κ3) is 3.84. The molecule has 102 valence electrons. The van der Waals surface area contributed by atoms with Gasteiger partial charge in [0.05, 0.1) is 5.69 Å². The highest BCUT2D eigenvalue weighted by atomic mass is 15.3. The highest BCUT2D eigenvalue weighted by molar-refractivity contribution is 5.21. The number of aryl methyl sites for hydroxylation is 2. The van der Waals surface area contributed by atoms with Crippen molar-refractivity contribution < 1.29 is 0 Å². The SMILES string of the molecule is Cc1nn(CCCCCCNC2CC2)c(C)c1C. The van der Waals surface area contributed by atoms with Crippen molar-refractivity contribution in [1.82, 2.24) is 15.1 Å². The van der Waals surface area contributed by atoms with E-state index < -0.39 is 0 Å². The lowest BCUT2D eigenvalue weighted by Crippen LogP contribution is -2.17. The van der Waals surface area contributed by atoms with Crippen molar-refractivity contribution >= 4 is 0 Å². The van der Waals surface area contributed by atoms with Crippen LogP contribution in [0.5, 0.6) is 0 Å². The Morgan fingerprint density at radius 3 is 2.44 bits per heavy atom. The second-order valence-corrected chi connectivity index (χ2v) is 5.66. The van der Waals surface area contributed by atoms with Gasteiger partial charge in [-0.05, 0) is 58.6 Å². The number of unbranched alkanes of at least 4 members (excludes halogenated alkanes) is 3. The average Bonchev–Trinajstić information content (AvgIpc) is 3.14. The molecular formula is C15H27N3. The van der Waals surface area contributed by atoms with E-state index in [9.17, 15) is 0 Å². The molecule has 2 rings (SSSR count). The molecule has 0 aromatic carbocycles. The Morgan fingerprint density at radius 2 is 1.83 bits per heavy atom. The van der Waals surface area contributed by atoms with Crippen molar-refractivity contribution in [2.75, 3.05) is 6.54 Å². The van der Waals surface area contributed by atoms with Crippen molar-refractivity contribution in [3.63, 3.8) is 0 Å². The van der Waals surface area contributed by atoms with Crippen LogP contribution in [-0.2, 0) is 6.54 Å². The summed E-state index contributed by atoms with van der Waals surface area (Å²) in [6, 6.07) is 0.864. The highest BCUT2D eigenvalue weighted by Gasteiger charge is 2.19. The molecule has 1 heterocycles. The van der Waals surface area contributed by atoms with E-state index in [2.05, 4.69) is 35.9 Å². The minimum absolute atomic E-state index is 0.864. The van der Waals surface area contributed by atoms with Crippen molar-refractivity contribution in [2.45, 2.75) is 71.9 Å². The molecule has 0 atom stereocenters. The Labute approximate surface area is 111 Å². The van der Waals surface area contributed by atoms with Gasteiger partial charge in [-0.15, -0.1) is 0 Å². The predicted molar refractivity (Wildman–Crippen MR) is 75.9 cm³/mol. The van der Waals surface area contributed by atoms with Crippen molar-refractivity contribution in [3.8, 4) is 0 Å². The van der Waals surface area contributed by atoms with Gasteiger partial charge in [-0.2, -0.15) is 5.10 Å². The molecule has 0 radical (unpaired) electrons. The Balaban J connectivity index is 1.55. The summed E-state index contributed by atoms with van der Waals surface area (Å²) in [5.41, 5.74) is 3.87. The third-order valence-electron chi connectivity index (χ3n) is 4.05. The lowest BCUT2D eigenvalue weighted by molar-refractivity contribution is 0.515. The van der Waals surface area contributed by atoms with Crippen LogP contribution in [0.3, 0.4) is 0 Å². The number of hydrogen-bond acceptors (Lipinski definition) is 2. The molecule has 1 aliphatic carbocycles. The van der Waals surface area contributed by atoms with Crippen LogP contribution >= 0.6 is 0 Å². The van der Waals surface area contributed by atoms with Gasteiger partial charge in [0.25, 0.3) is 0 Å². The van der Waals surface area contributed by atoms with E-state index in [1.807, 2.05) is 0 Å². The number of aromatic nitrogens is 2. The second kappa shape index (κ2) is 6.37. The molecule has 3 nitrogen and oxygen atoms in total. The summed E-state index contributed by atoms with van der Waals surface area (Å²) < 4.78 is 2.17. The van der Waals surface area contributed by atoms with E-state index in [1.165, 1.54) is 62.0 Å². The average molecular weight is 249 g/mol. The van der Waals surface area contributed by atoms with Crippen LogP contribution in [0.15, 0.2) is 0 Å². The molecule has 0 aliphatic heterocycles. The van der Waals surface area contributed by atoms with Crippen LogP contribution in [0.1, 0.15) is 55.5 Å². The van der Waals surface area contributed by atoms with Crippen LogP contribution < -0.4 is 5.32 Å². The summed E-state index contributed by atoms with van der Waals surface area (Å²) in [6.45, 7) is 8.73. The highest BCUT2D eigenvalue weighted by Crippen LogP contribution is 2.18. The third-order valence-corrected chi connectivity index (χ3v) is 4.05. The van der Waals surface area contributed by atoms with Gasteiger partial charge in [-0.3, -0.25) is 4.68 Å². The van der Waals surface area contributed by atoms with Crippen LogP contribution in [0, 0.1) is 20.8 Å². The minimum atomic E-state index is 0.864. The largest absolute Gasteiger partial charge is 0.314 e. The first-order chi connectivity index (χ1) is 8.68. The maximum absolute atomic E-state index is 4.58. The Kier molecular flexibility index (Phi) is 4.81. The van der Waals surface area contributed by atoms with Gasteiger partial charge < -0.3 is 5.32 Å². The zero-order chi connectivity index (χ0) is 13.0. The standard InChI is InChI=1S/C15H27N3/c1-12-13(2)17-18(14(12)3)11-7-5-4-6-10-16-15-8-9-15/h15-16H,4-11H2,1-3H3. The summed E-state index contributed by atoms with van der Waals surface area (Å²) in [5.74, 6) is 0. The first kappa shape index (κ1) is 13.6. The molecule has 1 aromatic rings. The van der Waals surface area contributed by atoms with Gasteiger partial charge in [-0.25, -0.2) is 0 Å². The molecule has 0 spiro atoms. The topological polar surface area (TPSA) is 29.9 Å². The van der Waals surface area contributed by atoms with Crippen molar-refractivity contribution in [1.29, 1.82) is 0 Å². The lowest BCUT2D eigenvalue weighted by Gasteiger charge is -2.05. The Hall–Kier alpha value is -0.830. The smallest absolute Gasteiger partial charge is 0.0625 e. The zero-order valence-electron chi connectivity index (χ0n) is 12.1. The van der Waals surface area contributed by atoms with Crippen LogP contribution in [0.4, 0.5) is 0 Å². The van der Waals surface area contributed by atoms with Crippen molar-refractivity contribution in [3.05, 3.63) is 17.0 Å². The fourth-order valence-corrected chi connectivity index (χ4v) is 2.34. The van der Waals surface area contributed by atoms with Crippen LogP contribution in [0.25, 0.3) is 0 Å². The first-order valence-corrected chi connectivity index (χ1v) is 7.42. The molecule has 0 saturated heterocycles. The summed E-state index contributed by atoms with van der Waals surface area (Å²) in [7, 11) is 0. The molecule has 18 heavy (non-hydrogen) atoms. The molecule has 1 aromatic heterocycles. The zero-order valence-corrected chi connectivity index (χ0v) is 12.1. The number of rotatable bonds is 8. The summed E-state index contributed by atoms with van der Waals surface area (Å²) >= 11 is 0. The number of nitrogens with one attached hydrogen (secondary N) is 1. The van der Waals surface area contributed by atoms with Gasteiger partial charge in [0.2, 0.25) is 0 Å². The van der Waals surface area contributed by atoms with Gasteiger partial charge in [0.15, 0.2) is 0 Å². The fraction of sp³-hybridized carbons (Fsp3) is 0.800. The van der Waals surface area contributed by atoms with Gasteiger partial charge in [0.1, 0.15) is 0 Å². The first-order valence-electron chi connectivity index (χ1n) is 7.42. The Bertz CT molecular complexity index is 377. The van der Waals surface area contributed by atoms with E-state index in [0.717, 1.165) is 12.6 Å². The summed E-state index contributed by atoms with van der Waals surface area (Å²) in [5, 5.41) is 8.15. The molecule has 0 bridgehead atoms. The Morgan fingerprint density at radius 1 is 1.11 bits per heavy atom. The van der Waals surface area contributed by atoms with Crippen LogP contribution in [-0.4, -0.2) is 22.4 Å². The molecule has 1 N–H and O–H groups in total. The van der Waals surface area contributed by atoms with Gasteiger partial charge >= 0.3 is 0 Å². The molecule has 1 fully saturated rings.